The molecule has 0 atom stereocenters. The summed E-state index contributed by atoms with van der Waals surface area (Å²) in [5.74, 6) is 0. The zero-order valence-corrected chi connectivity index (χ0v) is 15.4. The average molecular weight is 324 g/mol. The number of fused-ring (bicyclic) bond motifs is 1. The third-order valence-corrected chi connectivity index (χ3v) is 5.79. The van der Waals surface area contributed by atoms with Gasteiger partial charge in [-0.05, 0) is 24.4 Å². The summed E-state index contributed by atoms with van der Waals surface area (Å²) in [6.45, 7) is 8.51. The number of hydrogen-bond acceptors (Lipinski definition) is 4. The van der Waals surface area contributed by atoms with E-state index in [9.17, 15) is 0 Å². The molecule has 0 aromatic carbocycles. The van der Waals surface area contributed by atoms with Crippen LogP contribution in [0.3, 0.4) is 0 Å². The predicted molar refractivity (Wildman–Crippen MR) is 95.2 cm³/mol. The molecule has 21 heavy (non-hydrogen) atoms. The number of anilines is 1. The SMILES string of the molecule is CNc1cc2ccn(COCC[Si](C)(C)C)c2nc1SC. The molecule has 0 radical (unpaired) electrons. The van der Waals surface area contributed by atoms with Gasteiger partial charge < -0.3 is 14.6 Å². The summed E-state index contributed by atoms with van der Waals surface area (Å²) in [5, 5.41) is 5.36. The van der Waals surface area contributed by atoms with Gasteiger partial charge in [0.05, 0.1) is 5.69 Å². The van der Waals surface area contributed by atoms with E-state index in [0.29, 0.717) is 6.73 Å². The molecule has 0 aliphatic rings. The first kappa shape index (κ1) is 16.4. The minimum Gasteiger partial charge on any atom is -0.386 e. The van der Waals surface area contributed by atoms with E-state index in [-0.39, 0.29) is 0 Å². The third-order valence-electron chi connectivity index (χ3n) is 3.39. The maximum absolute atomic E-state index is 5.83. The highest BCUT2D eigenvalue weighted by molar-refractivity contribution is 7.98. The van der Waals surface area contributed by atoms with E-state index in [4.69, 9.17) is 9.72 Å². The molecule has 2 heterocycles. The number of thioether (sulfide) groups is 1. The second-order valence-corrected chi connectivity index (χ2v) is 12.8. The first-order chi connectivity index (χ1) is 9.94. The smallest absolute Gasteiger partial charge is 0.143 e. The van der Waals surface area contributed by atoms with E-state index in [2.05, 4.69) is 47.9 Å². The molecule has 0 bridgehead atoms. The van der Waals surface area contributed by atoms with Gasteiger partial charge in [-0.2, -0.15) is 0 Å². The Morgan fingerprint density at radius 2 is 2.14 bits per heavy atom. The molecule has 0 fully saturated rings. The highest BCUT2D eigenvalue weighted by Crippen LogP contribution is 2.27. The van der Waals surface area contributed by atoms with Crippen LogP contribution in [0.5, 0.6) is 0 Å². The molecule has 2 rings (SSSR count). The van der Waals surface area contributed by atoms with Gasteiger partial charge in [0.25, 0.3) is 0 Å². The first-order valence-electron chi connectivity index (χ1n) is 7.24. The zero-order valence-electron chi connectivity index (χ0n) is 13.6. The molecule has 2 aromatic heterocycles. The zero-order chi connectivity index (χ0) is 15.5. The lowest BCUT2D eigenvalue weighted by Gasteiger charge is -2.15. The molecule has 0 unspecified atom stereocenters. The molecule has 0 saturated carbocycles. The first-order valence-corrected chi connectivity index (χ1v) is 12.2. The molecule has 0 saturated heterocycles. The second-order valence-electron chi connectivity index (χ2n) is 6.34. The summed E-state index contributed by atoms with van der Waals surface area (Å²) in [5.41, 5.74) is 2.07. The van der Waals surface area contributed by atoms with Gasteiger partial charge in [0.15, 0.2) is 0 Å². The van der Waals surface area contributed by atoms with Crippen molar-refractivity contribution in [3.8, 4) is 0 Å². The van der Waals surface area contributed by atoms with E-state index >= 15 is 0 Å². The number of hydrogen-bond donors (Lipinski definition) is 1. The third kappa shape index (κ3) is 4.25. The van der Waals surface area contributed by atoms with Crippen molar-refractivity contribution >= 4 is 36.6 Å². The van der Waals surface area contributed by atoms with Crippen molar-refractivity contribution in [1.82, 2.24) is 9.55 Å². The van der Waals surface area contributed by atoms with E-state index < -0.39 is 8.07 Å². The highest BCUT2D eigenvalue weighted by atomic mass is 32.2. The Hall–Kier alpha value is -0.983. The minimum absolute atomic E-state index is 0.577. The van der Waals surface area contributed by atoms with Crippen LogP contribution in [-0.4, -0.2) is 37.5 Å². The number of rotatable bonds is 7. The van der Waals surface area contributed by atoms with Crippen LogP contribution in [0.4, 0.5) is 5.69 Å². The van der Waals surface area contributed by atoms with Gasteiger partial charge in [0.2, 0.25) is 0 Å². The van der Waals surface area contributed by atoms with Gasteiger partial charge in [0, 0.05) is 33.3 Å². The van der Waals surface area contributed by atoms with E-state index in [1.165, 1.54) is 6.04 Å². The van der Waals surface area contributed by atoms with Gasteiger partial charge in [-0.1, -0.05) is 19.6 Å². The lowest BCUT2D eigenvalue weighted by molar-refractivity contribution is 0.0898. The van der Waals surface area contributed by atoms with Crippen LogP contribution in [-0.2, 0) is 11.5 Å². The lowest BCUT2D eigenvalue weighted by Crippen LogP contribution is -2.22. The number of ether oxygens (including phenoxy) is 1. The number of aromatic nitrogens is 2. The summed E-state index contributed by atoms with van der Waals surface area (Å²) >= 11 is 1.66. The van der Waals surface area contributed by atoms with E-state index in [1.807, 2.05) is 13.3 Å². The van der Waals surface area contributed by atoms with Crippen LogP contribution in [0, 0.1) is 0 Å². The fourth-order valence-corrected chi connectivity index (χ4v) is 3.39. The monoisotopic (exact) mass is 323 g/mol. The Kier molecular flexibility index (Phi) is 5.35. The summed E-state index contributed by atoms with van der Waals surface area (Å²) in [4.78, 5) is 4.74. The Morgan fingerprint density at radius 1 is 1.38 bits per heavy atom. The topological polar surface area (TPSA) is 39.1 Å². The number of nitrogens with one attached hydrogen (secondary N) is 1. The van der Waals surface area contributed by atoms with Crippen LogP contribution in [0.15, 0.2) is 23.4 Å². The standard InChI is InChI=1S/C15H25N3OSSi/c1-16-13-10-12-6-7-18(14(12)17-15(13)20-2)11-19-8-9-21(3,4)5/h6-7,10,16H,8-9,11H2,1-5H3. The molecule has 2 aromatic rings. The van der Waals surface area contributed by atoms with E-state index in [1.54, 1.807) is 11.8 Å². The number of pyridine rings is 1. The van der Waals surface area contributed by atoms with E-state index in [0.717, 1.165) is 28.4 Å². The van der Waals surface area contributed by atoms with Gasteiger partial charge >= 0.3 is 0 Å². The Balaban J connectivity index is 2.10. The molecule has 116 valence electrons. The van der Waals surface area contributed by atoms with Crippen molar-refractivity contribution in [2.24, 2.45) is 0 Å². The Morgan fingerprint density at radius 3 is 2.76 bits per heavy atom. The molecule has 1 N–H and O–H groups in total. The van der Waals surface area contributed by atoms with Crippen molar-refractivity contribution < 1.29 is 4.74 Å². The Labute approximate surface area is 132 Å². The van der Waals surface area contributed by atoms with Crippen LogP contribution in [0.25, 0.3) is 11.0 Å². The van der Waals surface area contributed by atoms with Crippen LogP contribution >= 0.6 is 11.8 Å². The quantitative estimate of drug-likeness (QED) is 0.473. The van der Waals surface area contributed by atoms with Crippen LogP contribution < -0.4 is 5.32 Å². The van der Waals surface area contributed by atoms with Crippen molar-refractivity contribution in [3.63, 3.8) is 0 Å². The normalized spacial score (nSPS) is 12.0. The lowest BCUT2D eigenvalue weighted by atomic mass is 10.3. The average Bonchev–Trinajstić information content (AvgIpc) is 2.83. The summed E-state index contributed by atoms with van der Waals surface area (Å²) < 4.78 is 7.91. The van der Waals surface area contributed by atoms with Gasteiger partial charge in [-0.3, -0.25) is 0 Å². The molecule has 0 spiro atoms. The molecule has 4 nitrogen and oxygen atoms in total. The largest absolute Gasteiger partial charge is 0.386 e. The highest BCUT2D eigenvalue weighted by Gasteiger charge is 2.13. The molecular weight excluding hydrogens is 298 g/mol. The van der Waals surface area contributed by atoms with Gasteiger partial charge in [-0.15, -0.1) is 11.8 Å². The van der Waals surface area contributed by atoms with Crippen LogP contribution in [0.1, 0.15) is 0 Å². The van der Waals surface area contributed by atoms with Crippen LogP contribution in [0.2, 0.25) is 25.7 Å². The molecule has 0 amide bonds. The van der Waals surface area contributed by atoms with Crippen molar-refractivity contribution in [3.05, 3.63) is 18.3 Å². The van der Waals surface area contributed by atoms with Crippen molar-refractivity contribution in [2.45, 2.75) is 37.4 Å². The van der Waals surface area contributed by atoms with Gasteiger partial charge in [-0.25, -0.2) is 4.98 Å². The predicted octanol–water partition coefficient (Wildman–Crippen LogP) is 4.11. The summed E-state index contributed by atoms with van der Waals surface area (Å²) in [6, 6.07) is 5.43. The number of nitrogens with zero attached hydrogens (tertiary/aromatic N) is 2. The molecular formula is C15H25N3OSSi. The Bertz CT molecular complexity index is 607. The summed E-state index contributed by atoms with van der Waals surface area (Å²) in [7, 11) is 0.908. The molecule has 0 aliphatic heterocycles. The van der Waals surface area contributed by atoms with Crippen molar-refractivity contribution in [2.75, 3.05) is 25.2 Å². The van der Waals surface area contributed by atoms with Gasteiger partial charge in [0.1, 0.15) is 17.4 Å². The maximum Gasteiger partial charge on any atom is 0.143 e. The maximum atomic E-state index is 5.83. The molecule has 6 heteroatoms. The fourth-order valence-electron chi connectivity index (χ4n) is 2.08. The minimum atomic E-state index is -1.02. The molecule has 0 aliphatic carbocycles. The summed E-state index contributed by atoms with van der Waals surface area (Å²) in [6.07, 6.45) is 4.10. The second kappa shape index (κ2) is 6.85. The van der Waals surface area contributed by atoms with Crippen molar-refractivity contribution in [1.29, 1.82) is 0 Å². The fraction of sp³-hybridized carbons (Fsp3) is 0.533.